The van der Waals surface area contributed by atoms with E-state index in [1.165, 1.54) is 0 Å². The van der Waals surface area contributed by atoms with Gasteiger partial charge in [-0.05, 0) is 41.3 Å². The van der Waals surface area contributed by atoms with Crippen LogP contribution in [0.1, 0.15) is 47.2 Å². The zero-order valence-electron chi connectivity index (χ0n) is 17.9. The van der Waals surface area contributed by atoms with Crippen LogP contribution in [-0.4, -0.2) is 43.3 Å². The summed E-state index contributed by atoms with van der Waals surface area (Å²) in [6.07, 6.45) is 0.353. The zero-order chi connectivity index (χ0) is 21.6. The second-order valence-electron chi connectivity index (χ2n) is 7.68. The van der Waals surface area contributed by atoms with Crippen LogP contribution in [0.2, 0.25) is 0 Å². The van der Waals surface area contributed by atoms with E-state index in [-0.39, 0.29) is 37.9 Å². The lowest BCUT2D eigenvalue weighted by molar-refractivity contribution is 0.174. The first kappa shape index (κ1) is 23.2. The Kier molecular flexibility index (Phi) is 8.05. The molecule has 0 amide bonds. The number of hydrogen-bond donors (Lipinski definition) is 3. The highest BCUT2D eigenvalue weighted by Crippen LogP contribution is 2.39. The third-order valence-electron chi connectivity index (χ3n) is 5.26. The molecule has 2 rings (SSSR count). The molecule has 0 aromatic heterocycles. The maximum absolute atomic E-state index is 10.5. The number of methoxy groups -OCH3 is 3. The van der Waals surface area contributed by atoms with E-state index in [9.17, 15) is 15.3 Å². The third kappa shape index (κ3) is 5.08. The van der Waals surface area contributed by atoms with E-state index in [4.69, 9.17) is 14.2 Å². The van der Waals surface area contributed by atoms with Crippen molar-refractivity contribution in [1.29, 1.82) is 0 Å². The number of phenolic OH excluding ortho intramolecular Hbond substituents is 2. The van der Waals surface area contributed by atoms with Gasteiger partial charge in [0.2, 0.25) is 0 Å². The van der Waals surface area contributed by atoms with Crippen molar-refractivity contribution in [3.05, 3.63) is 57.6 Å². The van der Waals surface area contributed by atoms with Gasteiger partial charge in [0, 0.05) is 50.0 Å². The summed E-state index contributed by atoms with van der Waals surface area (Å²) >= 11 is 0. The summed E-state index contributed by atoms with van der Waals surface area (Å²) in [7, 11) is 4.76. The first-order chi connectivity index (χ1) is 13.8. The monoisotopic (exact) mass is 404 g/mol. The first-order valence-electron chi connectivity index (χ1n) is 9.58. The molecule has 0 bridgehead atoms. The van der Waals surface area contributed by atoms with Gasteiger partial charge < -0.3 is 29.5 Å². The Labute approximate surface area is 172 Å². The Balaban J connectivity index is 2.64. The highest BCUT2D eigenvalue weighted by Gasteiger charge is 2.27. The molecule has 3 N–H and O–H groups in total. The van der Waals surface area contributed by atoms with E-state index < -0.39 is 5.41 Å². The quantitative estimate of drug-likeness (QED) is 0.563. The summed E-state index contributed by atoms with van der Waals surface area (Å²) < 4.78 is 15.8. The van der Waals surface area contributed by atoms with Gasteiger partial charge in [-0.25, -0.2) is 0 Å². The standard InChI is InChI=1S/C23H32O6/c1-23(2,19-8-15(6-7-24)21(25)16(9-19)12-27-3)20-10-17(13-28-4)22(26)18(11-20)14-29-5/h8-11,24-26H,6-7,12-14H2,1-5H3. The average molecular weight is 405 g/mol. The molecule has 0 unspecified atom stereocenters. The number of aliphatic hydroxyl groups is 1. The fourth-order valence-electron chi connectivity index (χ4n) is 3.52. The van der Waals surface area contributed by atoms with E-state index in [1.807, 2.05) is 24.3 Å². The molecule has 2 aromatic rings. The zero-order valence-corrected chi connectivity index (χ0v) is 17.9. The van der Waals surface area contributed by atoms with Crippen LogP contribution in [-0.2, 0) is 45.9 Å². The third-order valence-corrected chi connectivity index (χ3v) is 5.26. The van der Waals surface area contributed by atoms with E-state index in [2.05, 4.69) is 13.8 Å². The van der Waals surface area contributed by atoms with Gasteiger partial charge in [-0.15, -0.1) is 0 Å². The van der Waals surface area contributed by atoms with Crippen LogP contribution in [0.15, 0.2) is 24.3 Å². The Bertz CT molecular complexity index is 707. The Morgan fingerprint density at radius 1 is 0.690 bits per heavy atom. The molecule has 0 heterocycles. The first-order valence-corrected chi connectivity index (χ1v) is 9.58. The molecule has 0 atom stereocenters. The van der Waals surface area contributed by atoms with Crippen molar-refractivity contribution in [3.63, 3.8) is 0 Å². The van der Waals surface area contributed by atoms with Crippen LogP contribution < -0.4 is 0 Å². The molecule has 0 aliphatic carbocycles. The molecule has 0 aliphatic rings. The molecule has 29 heavy (non-hydrogen) atoms. The fraction of sp³-hybridized carbons (Fsp3) is 0.478. The largest absolute Gasteiger partial charge is 0.507 e. The Morgan fingerprint density at radius 3 is 1.38 bits per heavy atom. The molecule has 6 nitrogen and oxygen atoms in total. The minimum absolute atomic E-state index is 0.0565. The van der Waals surface area contributed by atoms with Gasteiger partial charge in [0.15, 0.2) is 0 Å². The van der Waals surface area contributed by atoms with Crippen LogP contribution >= 0.6 is 0 Å². The van der Waals surface area contributed by atoms with Crippen molar-refractivity contribution >= 4 is 0 Å². The summed E-state index contributed by atoms with van der Waals surface area (Å²) in [5.74, 6) is 0.339. The summed E-state index contributed by atoms with van der Waals surface area (Å²) in [5, 5.41) is 30.5. The number of hydrogen-bond acceptors (Lipinski definition) is 6. The normalized spacial score (nSPS) is 11.8. The molecule has 0 aliphatic heterocycles. The lowest BCUT2D eigenvalue weighted by atomic mass is 9.75. The lowest BCUT2D eigenvalue weighted by Gasteiger charge is -2.29. The van der Waals surface area contributed by atoms with E-state index in [1.54, 1.807) is 21.3 Å². The van der Waals surface area contributed by atoms with Crippen LogP contribution in [0.5, 0.6) is 11.5 Å². The molecule has 6 heteroatoms. The van der Waals surface area contributed by atoms with Gasteiger partial charge in [-0.1, -0.05) is 19.9 Å². The summed E-state index contributed by atoms with van der Waals surface area (Å²) in [4.78, 5) is 0. The molecule has 0 saturated heterocycles. The van der Waals surface area contributed by atoms with E-state index in [0.717, 1.165) is 11.1 Å². The van der Waals surface area contributed by atoms with Gasteiger partial charge >= 0.3 is 0 Å². The molecule has 2 aromatic carbocycles. The molecule has 0 spiro atoms. The topological polar surface area (TPSA) is 88.4 Å². The number of phenols is 2. The van der Waals surface area contributed by atoms with Crippen LogP contribution in [0.4, 0.5) is 0 Å². The highest BCUT2D eigenvalue weighted by atomic mass is 16.5. The van der Waals surface area contributed by atoms with Gasteiger partial charge in [-0.2, -0.15) is 0 Å². The average Bonchev–Trinajstić information content (AvgIpc) is 2.68. The molecule has 0 fully saturated rings. The molecule has 160 valence electrons. The van der Waals surface area contributed by atoms with Gasteiger partial charge in [0.25, 0.3) is 0 Å². The fourth-order valence-corrected chi connectivity index (χ4v) is 3.52. The predicted octanol–water partition coefficient (Wildman–Crippen LogP) is 3.40. The summed E-state index contributed by atoms with van der Waals surface area (Å²) in [5.41, 5.74) is 4.25. The Hall–Kier alpha value is -2.12. The SMILES string of the molecule is COCc1cc(C(C)(C)c2cc(COC)c(O)c(COC)c2)cc(CCO)c1O. The smallest absolute Gasteiger partial charge is 0.126 e. The van der Waals surface area contributed by atoms with Crippen LogP contribution in [0, 0.1) is 0 Å². The minimum atomic E-state index is -0.445. The second kappa shape index (κ2) is 10.1. The lowest BCUT2D eigenvalue weighted by Crippen LogP contribution is -2.21. The van der Waals surface area contributed by atoms with E-state index >= 15 is 0 Å². The number of aromatic hydroxyl groups is 2. The molecular formula is C23H32O6. The number of rotatable bonds is 10. The van der Waals surface area contributed by atoms with Crippen molar-refractivity contribution in [2.45, 2.75) is 45.5 Å². The van der Waals surface area contributed by atoms with Crippen molar-refractivity contribution < 1.29 is 29.5 Å². The van der Waals surface area contributed by atoms with Crippen molar-refractivity contribution in [2.75, 3.05) is 27.9 Å². The second-order valence-corrected chi connectivity index (χ2v) is 7.68. The molecular weight excluding hydrogens is 372 g/mol. The number of ether oxygens (including phenoxy) is 3. The summed E-state index contributed by atoms with van der Waals surface area (Å²) in [6, 6.07) is 7.72. The maximum atomic E-state index is 10.5. The van der Waals surface area contributed by atoms with Crippen LogP contribution in [0.25, 0.3) is 0 Å². The highest BCUT2D eigenvalue weighted by molar-refractivity contribution is 5.52. The summed E-state index contributed by atoms with van der Waals surface area (Å²) in [6.45, 7) is 4.95. The van der Waals surface area contributed by atoms with Gasteiger partial charge in [-0.3, -0.25) is 0 Å². The molecule has 0 radical (unpaired) electrons. The van der Waals surface area contributed by atoms with E-state index in [0.29, 0.717) is 28.7 Å². The minimum Gasteiger partial charge on any atom is -0.507 e. The number of benzene rings is 2. The Morgan fingerprint density at radius 2 is 1.03 bits per heavy atom. The number of aliphatic hydroxyl groups excluding tert-OH is 1. The maximum Gasteiger partial charge on any atom is 0.126 e. The van der Waals surface area contributed by atoms with Crippen LogP contribution in [0.3, 0.4) is 0 Å². The predicted molar refractivity (Wildman–Crippen MR) is 111 cm³/mol. The van der Waals surface area contributed by atoms with Crippen molar-refractivity contribution in [3.8, 4) is 11.5 Å². The van der Waals surface area contributed by atoms with Gasteiger partial charge in [0.05, 0.1) is 19.8 Å². The van der Waals surface area contributed by atoms with Crippen molar-refractivity contribution in [2.24, 2.45) is 0 Å². The molecule has 0 saturated carbocycles. The van der Waals surface area contributed by atoms with Crippen molar-refractivity contribution in [1.82, 2.24) is 0 Å². The van der Waals surface area contributed by atoms with Gasteiger partial charge in [0.1, 0.15) is 11.5 Å².